The first kappa shape index (κ1) is 15.7. The summed E-state index contributed by atoms with van der Waals surface area (Å²) in [4.78, 5) is 11.6. The maximum atomic E-state index is 13.3. The molecule has 1 aromatic carbocycles. The fraction of sp³-hybridized carbons (Fsp3) is 0.533. The van der Waals surface area contributed by atoms with E-state index in [1.165, 1.54) is 12.1 Å². The topological polar surface area (TPSA) is 59.6 Å². The van der Waals surface area contributed by atoms with E-state index in [0.29, 0.717) is 26.2 Å². The van der Waals surface area contributed by atoms with Crippen LogP contribution in [0.3, 0.4) is 0 Å². The van der Waals surface area contributed by atoms with Crippen molar-refractivity contribution in [3.05, 3.63) is 30.1 Å². The molecule has 5 nitrogen and oxygen atoms in total. The van der Waals surface area contributed by atoms with E-state index in [1.807, 2.05) is 0 Å². The van der Waals surface area contributed by atoms with Crippen LogP contribution in [0.25, 0.3) is 0 Å². The zero-order chi connectivity index (χ0) is 14.9. The molecule has 21 heavy (non-hydrogen) atoms. The smallest absolute Gasteiger partial charge is 0.319 e. The van der Waals surface area contributed by atoms with Gasteiger partial charge in [0, 0.05) is 19.8 Å². The van der Waals surface area contributed by atoms with Crippen molar-refractivity contribution < 1.29 is 18.7 Å². The monoisotopic (exact) mass is 296 g/mol. The summed E-state index contributed by atoms with van der Waals surface area (Å²) in [6.45, 7) is 2.48. The van der Waals surface area contributed by atoms with Crippen LogP contribution in [0, 0.1) is 5.82 Å². The molecule has 1 saturated heterocycles. The highest BCUT2D eigenvalue weighted by Crippen LogP contribution is 2.12. The van der Waals surface area contributed by atoms with E-state index in [-0.39, 0.29) is 11.8 Å². The number of para-hydroxylation sites is 1. The molecular formula is C15H21FN2O3. The molecule has 6 heteroatoms. The predicted molar refractivity (Wildman–Crippen MR) is 77.8 cm³/mol. The Kier molecular flexibility index (Phi) is 6.43. The predicted octanol–water partition coefficient (Wildman–Crippen LogP) is 2.53. The third kappa shape index (κ3) is 5.69. The number of carbonyl (C=O) groups excluding carboxylic acids is 1. The summed E-state index contributed by atoms with van der Waals surface area (Å²) >= 11 is 0. The molecule has 1 aliphatic rings. The van der Waals surface area contributed by atoms with Crippen LogP contribution in [-0.2, 0) is 9.47 Å². The van der Waals surface area contributed by atoms with Gasteiger partial charge in [-0.1, -0.05) is 12.1 Å². The Bertz CT molecular complexity index is 450. The Morgan fingerprint density at radius 1 is 1.43 bits per heavy atom. The molecular weight excluding hydrogens is 275 g/mol. The van der Waals surface area contributed by atoms with Gasteiger partial charge in [0.25, 0.3) is 0 Å². The molecule has 1 unspecified atom stereocenters. The normalized spacial score (nSPS) is 17.7. The number of urea groups is 1. The van der Waals surface area contributed by atoms with Gasteiger partial charge in [0.15, 0.2) is 0 Å². The second-order valence-corrected chi connectivity index (χ2v) is 4.92. The average Bonchev–Trinajstić information content (AvgIpc) is 2.98. The maximum absolute atomic E-state index is 13.3. The quantitative estimate of drug-likeness (QED) is 0.760. The molecule has 1 aliphatic heterocycles. The molecule has 2 rings (SSSR count). The minimum atomic E-state index is -0.451. The number of amides is 2. The lowest BCUT2D eigenvalue weighted by Crippen LogP contribution is -2.30. The standard InChI is InChI=1S/C15H21FN2O3/c16-13-6-1-2-7-14(13)18-15(19)17-8-4-9-20-11-12-5-3-10-21-12/h1-2,6-7,12H,3-5,8-11H2,(H2,17,18,19). The van der Waals surface area contributed by atoms with Gasteiger partial charge in [0.2, 0.25) is 0 Å². The summed E-state index contributed by atoms with van der Waals surface area (Å²) < 4.78 is 24.2. The van der Waals surface area contributed by atoms with Crippen molar-refractivity contribution in [3.63, 3.8) is 0 Å². The summed E-state index contributed by atoms with van der Waals surface area (Å²) in [6.07, 6.45) is 3.09. The molecule has 2 N–H and O–H groups in total. The lowest BCUT2D eigenvalue weighted by atomic mass is 10.2. The van der Waals surface area contributed by atoms with E-state index in [0.717, 1.165) is 19.4 Å². The van der Waals surface area contributed by atoms with Gasteiger partial charge < -0.3 is 20.1 Å². The number of benzene rings is 1. The van der Waals surface area contributed by atoms with Gasteiger partial charge in [-0.15, -0.1) is 0 Å². The van der Waals surface area contributed by atoms with Gasteiger partial charge in [-0.2, -0.15) is 0 Å². The summed E-state index contributed by atoms with van der Waals surface area (Å²) in [5.74, 6) is -0.451. The highest BCUT2D eigenvalue weighted by molar-refractivity contribution is 5.89. The zero-order valence-electron chi connectivity index (χ0n) is 11.9. The molecule has 0 saturated carbocycles. The number of carbonyl (C=O) groups is 1. The van der Waals surface area contributed by atoms with Crippen molar-refractivity contribution in [1.82, 2.24) is 5.32 Å². The number of hydrogen-bond donors (Lipinski definition) is 2. The van der Waals surface area contributed by atoms with Crippen molar-refractivity contribution in [2.75, 3.05) is 31.7 Å². The van der Waals surface area contributed by atoms with Crippen LogP contribution < -0.4 is 10.6 Å². The first-order valence-electron chi connectivity index (χ1n) is 7.24. The van der Waals surface area contributed by atoms with Gasteiger partial charge in [0.05, 0.1) is 18.4 Å². The van der Waals surface area contributed by atoms with Crippen LogP contribution in [0.4, 0.5) is 14.9 Å². The fourth-order valence-electron chi connectivity index (χ4n) is 2.10. The molecule has 116 valence electrons. The van der Waals surface area contributed by atoms with Crippen LogP contribution in [0.1, 0.15) is 19.3 Å². The van der Waals surface area contributed by atoms with Crippen molar-refractivity contribution in [3.8, 4) is 0 Å². The second kappa shape index (κ2) is 8.59. The van der Waals surface area contributed by atoms with Crippen LogP contribution in [0.15, 0.2) is 24.3 Å². The van der Waals surface area contributed by atoms with Gasteiger partial charge >= 0.3 is 6.03 Å². The van der Waals surface area contributed by atoms with Crippen molar-refractivity contribution in [2.24, 2.45) is 0 Å². The van der Waals surface area contributed by atoms with Crippen molar-refractivity contribution in [1.29, 1.82) is 0 Å². The van der Waals surface area contributed by atoms with Crippen LogP contribution in [-0.4, -0.2) is 38.5 Å². The molecule has 0 bridgehead atoms. The van der Waals surface area contributed by atoms with E-state index in [2.05, 4.69) is 10.6 Å². The molecule has 0 aromatic heterocycles. The number of rotatable bonds is 7. The van der Waals surface area contributed by atoms with Crippen LogP contribution >= 0.6 is 0 Å². The summed E-state index contributed by atoms with van der Waals surface area (Å²) in [7, 11) is 0. The number of ether oxygens (including phenoxy) is 2. The zero-order valence-corrected chi connectivity index (χ0v) is 11.9. The van der Waals surface area contributed by atoms with Crippen LogP contribution in [0.2, 0.25) is 0 Å². The molecule has 2 amide bonds. The Hall–Kier alpha value is -1.66. The van der Waals surface area contributed by atoms with E-state index < -0.39 is 11.8 Å². The van der Waals surface area contributed by atoms with E-state index in [9.17, 15) is 9.18 Å². The van der Waals surface area contributed by atoms with E-state index >= 15 is 0 Å². The van der Waals surface area contributed by atoms with E-state index in [4.69, 9.17) is 9.47 Å². The maximum Gasteiger partial charge on any atom is 0.319 e. The molecule has 0 radical (unpaired) electrons. The van der Waals surface area contributed by atoms with Gasteiger partial charge in [0.1, 0.15) is 5.82 Å². The summed E-state index contributed by atoms with van der Waals surface area (Å²) in [5, 5.41) is 5.12. The van der Waals surface area contributed by atoms with Crippen molar-refractivity contribution >= 4 is 11.7 Å². The molecule has 0 spiro atoms. The molecule has 1 heterocycles. The lowest BCUT2D eigenvalue weighted by Gasteiger charge is -2.11. The second-order valence-electron chi connectivity index (χ2n) is 4.92. The number of nitrogens with one attached hydrogen (secondary N) is 2. The Balaban J connectivity index is 1.52. The molecule has 0 aliphatic carbocycles. The fourth-order valence-corrected chi connectivity index (χ4v) is 2.10. The summed E-state index contributed by atoms with van der Waals surface area (Å²) in [5.41, 5.74) is 0.171. The van der Waals surface area contributed by atoms with Gasteiger partial charge in [-0.05, 0) is 31.4 Å². The molecule has 1 fully saturated rings. The number of hydrogen-bond acceptors (Lipinski definition) is 3. The van der Waals surface area contributed by atoms with E-state index in [1.54, 1.807) is 12.1 Å². The summed E-state index contributed by atoms with van der Waals surface area (Å²) in [6, 6.07) is 5.63. The Morgan fingerprint density at radius 2 is 2.29 bits per heavy atom. The third-order valence-corrected chi connectivity index (χ3v) is 3.20. The lowest BCUT2D eigenvalue weighted by molar-refractivity contribution is 0.0168. The highest BCUT2D eigenvalue weighted by Gasteiger charge is 2.14. The molecule has 1 aromatic rings. The highest BCUT2D eigenvalue weighted by atomic mass is 19.1. The number of halogens is 1. The first-order valence-corrected chi connectivity index (χ1v) is 7.24. The first-order chi connectivity index (χ1) is 10.3. The average molecular weight is 296 g/mol. The minimum Gasteiger partial charge on any atom is -0.379 e. The Labute approximate surface area is 123 Å². The van der Waals surface area contributed by atoms with Crippen molar-refractivity contribution in [2.45, 2.75) is 25.4 Å². The Morgan fingerprint density at radius 3 is 3.05 bits per heavy atom. The SMILES string of the molecule is O=C(NCCCOCC1CCCO1)Nc1ccccc1F. The number of anilines is 1. The minimum absolute atomic E-state index is 0.171. The third-order valence-electron chi connectivity index (χ3n) is 3.20. The van der Waals surface area contributed by atoms with Gasteiger partial charge in [-0.3, -0.25) is 0 Å². The largest absolute Gasteiger partial charge is 0.379 e. The molecule has 1 atom stereocenters. The van der Waals surface area contributed by atoms with Gasteiger partial charge in [-0.25, -0.2) is 9.18 Å². The van der Waals surface area contributed by atoms with Crippen LogP contribution in [0.5, 0.6) is 0 Å².